The Balaban J connectivity index is 1.39. The second-order valence-corrected chi connectivity index (χ2v) is 11.8. The molecule has 1 unspecified atom stereocenters. The number of aryl methyl sites for hydroxylation is 1. The Kier molecular flexibility index (Phi) is 7.86. The second kappa shape index (κ2) is 11.5. The summed E-state index contributed by atoms with van der Waals surface area (Å²) in [5.41, 5.74) is 7.73. The lowest BCUT2D eigenvalue weighted by atomic mass is 10.0. The number of anilines is 1. The van der Waals surface area contributed by atoms with E-state index in [0.717, 1.165) is 55.3 Å². The highest BCUT2D eigenvalue weighted by atomic mass is 32.2. The van der Waals surface area contributed by atoms with Crippen LogP contribution < -0.4 is 4.72 Å². The van der Waals surface area contributed by atoms with Crippen molar-refractivity contribution in [1.29, 1.82) is 0 Å². The van der Waals surface area contributed by atoms with Gasteiger partial charge in [-0.1, -0.05) is 48.5 Å². The first-order chi connectivity index (χ1) is 18.8. The number of nitrogens with zero attached hydrogens (tertiary/aromatic N) is 1. The first-order valence-electron chi connectivity index (χ1n) is 13.0. The summed E-state index contributed by atoms with van der Waals surface area (Å²) in [5, 5.41) is 1.25. The normalized spacial score (nSPS) is 15.2. The molecule has 39 heavy (non-hydrogen) atoms. The second-order valence-electron chi connectivity index (χ2n) is 10.0. The number of carbonyl (C=O) groups is 1. The van der Waals surface area contributed by atoms with E-state index in [-0.39, 0.29) is 12.0 Å². The highest BCUT2D eigenvalue weighted by Gasteiger charge is 2.28. The van der Waals surface area contributed by atoms with Crippen molar-refractivity contribution in [2.45, 2.75) is 31.8 Å². The molecule has 8 heteroatoms. The predicted octanol–water partition coefficient (Wildman–Crippen LogP) is 5.46. The Morgan fingerprint density at radius 3 is 2.69 bits per heavy atom. The molecule has 7 nitrogen and oxygen atoms in total. The summed E-state index contributed by atoms with van der Waals surface area (Å²) in [7, 11) is -1.94. The van der Waals surface area contributed by atoms with Gasteiger partial charge in [-0.3, -0.25) is 9.62 Å². The first kappa shape index (κ1) is 26.7. The van der Waals surface area contributed by atoms with E-state index in [2.05, 4.69) is 57.2 Å². The molecule has 202 valence electrons. The Labute approximate surface area is 229 Å². The van der Waals surface area contributed by atoms with Crippen LogP contribution in [0.15, 0.2) is 79.0 Å². The number of sulfonamides is 1. The van der Waals surface area contributed by atoms with Crippen LogP contribution in [0.25, 0.3) is 17.0 Å². The van der Waals surface area contributed by atoms with E-state index < -0.39 is 10.0 Å². The molecule has 2 N–H and O–H groups in total. The number of para-hydroxylation sites is 1. The van der Waals surface area contributed by atoms with Crippen LogP contribution in [-0.4, -0.2) is 44.2 Å². The van der Waals surface area contributed by atoms with Crippen LogP contribution in [0.5, 0.6) is 0 Å². The van der Waals surface area contributed by atoms with Gasteiger partial charge in [0.25, 0.3) is 0 Å². The Bertz CT molecular complexity index is 1610. The summed E-state index contributed by atoms with van der Waals surface area (Å²) in [5.74, 6) is -0.366. The van der Waals surface area contributed by atoms with Gasteiger partial charge in [0, 0.05) is 48.0 Å². The lowest BCUT2D eigenvalue weighted by Gasteiger charge is -2.30. The van der Waals surface area contributed by atoms with Crippen molar-refractivity contribution in [3.63, 3.8) is 0 Å². The molecule has 0 bridgehead atoms. The zero-order valence-corrected chi connectivity index (χ0v) is 23.0. The predicted molar refractivity (Wildman–Crippen MR) is 156 cm³/mol. The van der Waals surface area contributed by atoms with Gasteiger partial charge < -0.3 is 9.72 Å². The SMILES string of the molecule is COC(=O)C=Cc1ccc2c(c1)CCC2N(CCc1c[nH]c2ccccc12)Cc1ccc(NS(C)(=O)=O)cc1. The minimum Gasteiger partial charge on any atom is -0.466 e. The van der Waals surface area contributed by atoms with E-state index in [9.17, 15) is 13.2 Å². The third kappa shape index (κ3) is 6.58. The van der Waals surface area contributed by atoms with E-state index in [0.29, 0.717) is 5.69 Å². The van der Waals surface area contributed by atoms with Crippen LogP contribution >= 0.6 is 0 Å². The van der Waals surface area contributed by atoms with Crippen molar-refractivity contribution < 1.29 is 17.9 Å². The van der Waals surface area contributed by atoms with Gasteiger partial charge in [-0.15, -0.1) is 0 Å². The number of aromatic amines is 1. The van der Waals surface area contributed by atoms with Gasteiger partial charge in [0.2, 0.25) is 10.0 Å². The van der Waals surface area contributed by atoms with Crippen molar-refractivity contribution in [2.75, 3.05) is 24.6 Å². The van der Waals surface area contributed by atoms with Gasteiger partial charge in [-0.2, -0.15) is 0 Å². The van der Waals surface area contributed by atoms with Gasteiger partial charge in [0.1, 0.15) is 0 Å². The number of hydrogen-bond donors (Lipinski definition) is 2. The molecule has 0 radical (unpaired) electrons. The summed E-state index contributed by atoms with van der Waals surface area (Å²) in [4.78, 5) is 17.4. The molecule has 0 saturated heterocycles. The van der Waals surface area contributed by atoms with Crippen molar-refractivity contribution in [1.82, 2.24) is 9.88 Å². The van der Waals surface area contributed by atoms with Gasteiger partial charge in [0.05, 0.1) is 13.4 Å². The molecule has 4 aromatic rings. The van der Waals surface area contributed by atoms with Gasteiger partial charge >= 0.3 is 5.97 Å². The molecule has 0 saturated carbocycles. The number of methoxy groups -OCH3 is 1. The van der Waals surface area contributed by atoms with E-state index in [1.165, 1.54) is 35.3 Å². The molecule has 0 aliphatic heterocycles. The summed E-state index contributed by atoms with van der Waals surface area (Å²) in [6, 6.07) is 22.6. The number of ether oxygens (including phenoxy) is 1. The third-order valence-corrected chi connectivity index (χ3v) is 7.86. The van der Waals surface area contributed by atoms with E-state index >= 15 is 0 Å². The molecule has 0 spiro atoms. The maximum absolute atomic E-state index is 11.6. The number of carbonyl (C=O) groups excluding carboxylic acids is 1. The van der Waals surface area contributed by atoms with Crippen LogP contribution in [0, 0.1) is 0 Å². The molecule has 1 atom stereocenters. The topological polar surface area (TPSA) is 91.5 Å². The number of nitrogens with one attached hydrogen (secondary N) is 2. The largest absolute Gasteiger partial charge is 0.466 e. The zero-order chi connectivity index (χ0) is 27.4. The summed E-state index contributed by atoms with van der Waals surface area (Å²) >= 11 is 0. The number of fused-ring (bicyclic) bond motifs is 2. The summed E-state index contributed by atoms with van der Waals surface area (Å²) < 4.78 is 30.5. The van der Waals surface area contributed by atoms with Crippen molar-refractivity contribution in [3.05, 3.63) is 107 Å². The highest BCUT2D eigenvalue weighted by Crippen LogP contribution is 2.37. The molecule has 1 aliphatic rings. The lowest BCUT2D eigenvalue weighted by Crippen LogP contribution is -2.29. The van der Waals surface area contributed by atoms with Gasteiger partial charge in [-0.25, -0.2) is 13.2 Å². The standard InChI is InChI=1S/C31H33N3O4S/c1-38-31(35)16-10-22-9-14-28-24(19-22)11-15-30(28)34(18-17-25-20-32-29-6-4-3-5-27(25)29)21-23-7-12-26(13-8-23)33-39(2,36)37/h3-10,12-14,16,19-20,30,32-33H,11,15,17-18,21H2,1-2H3. The Hall–Kier alpha value is -3.88. The highest BCUT2D eigenvalue weighted by molar-refractivity contribution is 7.92. The Morgan fingerprint density at radius 2 is 1.92 bits per heavy atom. The van der Waals surface area contributed by atoms with Crippen LogP contribution in [0.3, 0.4) is 0 Å². The average Bonchev–Trinajstić information content (AvgIpc) is 3.54. The number of H-pyrrole nitrogens is 1. The smallest absolute Gasteiger partial charge is 0.330 e. The molecule has 1 heterocycles. The van der Waals surface area contributed by atoms with E-state index in [1.54, 1.807) is 6.08 Å². The van der Waals surface area contributed by atoms with Crippen molar-refractivity contribution in [2.24, 2.45) is 0 Å². The summed E-state index contributed by atoms with van der Waals surface area (Å²) in [6.45, 7) is 1.62. The third-order valence-electron chi connectivity index (χ3n) is 7.25. The summed E-state index contributed by atoms with van der Waals surface area (Å²) in [6.07, 6.45) is 9.40. The molecule has 3 aromatic carbocycles. The van der Waals surface area contributed by atoms with E-state index in [1.807, 2.05) is 30.3 Å². The Morgan fingerprint density at radius 1 is 1.13 bits per heavy atom. The fourth-order valence-corrected chi connectivity index (χ4v) is 5.97. The van der Waals surface area contributed by atoms with Crippen LogP contribution in [0.1, 0.15) is 40.3 Å². The van der Waals surface area contributed by atoms with Crippen molar-refractivity contribution >= 4 is 38.7 Å². The first-order valence-corrected chi connectivity index (χ1v) is 14.9. The maximum Gasteiger partial charge on any atom is 0.330 e. The fraction of sp³-hybridized carbons (Fsp3) is 0.258. The van der Waals surface area contributed by atoms with Gasteiger partial charge in [-0.05, 0) is 71.4 Å². The molecule has 0 fully saturated rings. The lowest BCUT2D eigenvalue weighted by molar-refractivity contribution is -0.134. The quantitative estimate of drug-likeness (QED) is 0.205. The number of hydrogen-bond acceptors (Lipinski definition) is 5. The molecular weight excluding hydrogens is 510 g/mol. The zero-order valence-electron chi connectivity index (χ0n) is 22.2. The molecule has 1 aromatic heterocycles. The van der Waals surface area contributed by atoms with Crippen LogP contribution in [0.4, 0.5) is 5.69 Å². The minimum absolute atomic E-state index is 0.262. The molecule has 5 rings (SSSR count). The fourth-order valence-electron chi connectivity index (χ4n) is 5.40. The minimum atomic E-state index is -3.32. The number of esters is 1. The average molecular weight is 544 g/mol. The molecule has 1 aliphatic carbocycles. The van der Waals surface area contributed by atoms with Crippen molar-refractivity contribution in [3.8, 4) is 0 Å². The molecular formula is C31H33N3O4S. The van der Waals surface area contributed by atoms with Crippen LogP contribution in [-0.2, 0) is 38.9 Å². The van der Waals surface area contributed by atoms with Crippen LogP contribution in [0.2, 0.25) is 0 Å². The van der Waals surface area contributed by atoms with E-state index in [4.69, 9.17) is 4.74 Å². The van der Waals surface area contributed by atoms with Gasteiger partial charge in [0.15, 0.2) is 0 Å². The maximum atomic E-state index is 11.6. The number of rotatable bonds is 10. The number of benzene rings is 3. The number of aromatic nitrogens is 1. The monoisotopic (exact) mass is 543 g/mol. The molecule has 0 amide bonds.